The topological polar surface area (TPSA) is 79.9 Å². The largest absolute Gasteiger partial charge is 0.461 e. The Morgan fingerprint density at radius 3 is 2.89 bits per heavy atom. The summed E-state index contributed by atoms with van der Waals surface area (Å²) < 4.78 is 10.7. The number of hydrogen-bond donors (Lipinski definition) is 2. The van der Waals surface area contributed by atoms with Crippen molar-refractivity contribution in [3.05, 3.63) is 41.3 Å². The molecule has 0 radical (unpaired) electrons. The van der Waals surface area contributed by atoms with Crippen molar-refractivity contribution in [1.29, 1.82) is 0 Å². The van der Waals surface area contributed by atoms with Gasteiger partial charge in [-0.25, -0.2) is 4.79 Å². The van der Waals surface area contributed by atoms with Crippen LogP contribution in [0.5, 0.6) is 0 Å². The first-order chi connectivity index (χ1) is 13.7. The highest BCUT2D eigenvalue weighted by Crippen LogP contribution is 2.38. The van der Waals surface area contributed by atoms with Gasteiger partial charge in [0.05, 0.1) is 18.8 Å². The number of thioether (sulfide) groups is 1. The van der Waals surface area contributed by atoms with E-state index >= 15 is 0 Å². The molecule has 1 atom stereocenters. The van der Waals surface area contributed by atoms with Crippen LogP contribution in [0.2, 0.25) is 0 Å². The first-order valence-corrected chi connectivity index (χ1v) is 10.8. The van der Waals surface area contributed by atoms with Crippen molar-refractivity contribution in [3.63, 3.8) is 0 Å². The zero-order chi connectivity index (χ0) is 19.3. The fourth-order valence-corrected chi connectivity index (χ4v) is 4.81. The monoisotopic (exact) mass is 419 g/mol. The van der Waals surface area contributed by atoms with Crippen LogP contribution >= 0.6 is 23.1 Å². The van der Waals surface area contributed by atoms with Crippen LogP contribution in [0.15, 0.2) is 40.6 Å². The summed E-state index contributed by atoms with van der Waals surface area (Å²) in [5.74, 6) is -0.605. The van der Waals surface area contributed by atoms with Gasteiger partial charge in [0.25, 0.3) is 5.91 Å². The lowest BCUT2D eigenvalue weighted by molar-refractivity contribution is -0.115. The molecule has 7 nitrogen and oxygen atoms in total. The van der Waals surface area contributed by atoms with Crippen molar-refractivity contribution >= 4 is 45.7 Å². The summed E-state index contributed by atoms with van der Waals surface area (Å²) in [5, 5.41) is 7.91. The van der Waals surface area contributed by atoms with Gasteiger partial charge in [-0.05, 0) is 23.6 Å². The highest BCUT2D eigenvalue weighted by molar-refractivity contribution is 8.01. The predicted molar refractivity (Wildman–Crippen MR) is 110 cm³/mol. The molecule has 1 unspecified atom stereocenters. The Morgan fingerprint density at radius 1 is 1.25 bits per heavy atom. The Kier molecular flexibility index (Phi) is 6.16. The number of hydrogen-bond acceptors (Lipinski definition) is 8. The number of nitrogens with zero attached hydrogens (tertiary/aromatic N) is 1. The Labute approximate surface area is 171 Å². The molecule has 2 N–H and O–H groups in total. The molecule has 1 aromatic heterocycles. The normalized spacial score (nSPS) is 18.9. The molecule has 0 spiro atoms. The molecule has 2 aliphatic heterocycles. The average molecular weight is 420 g/mol. The minimum atomic E-state index is -0.426. The molecule has 148 valence electrons. The Hall–Kier alpha value is -2.07. The zero-order valence-corrected chi connectivity index (χ0v) is 16.8. The summed E-state index contributed by atoms with van der Waals surface area (Å²) in [6, 6.07) is 9.47. The summed E-state index contributed by atoms with van der Waals surface area (Å²) in [6.07, 6.45) is 0. The van der Waals surface area contributed by atoms with Crippen LogP contribution in [-0.2, 0) is 14.3 Å². The Balaban J connectivity index is 1.30. The molecular formula is C19H21N3O4S2. The molecular weight excluding hydrogens is 398 g/mol. The minimum absolute atomic E-state index is 0.189. The lowest BCUT2D eigenvalue weighted by atomic mass is 10.3. The second-order valence-corrected chi connectivity index (χ2v) is 8.44. The van der Waals surface area contributed by atoms with E-state index in [0.717, 1.165) is 23.7 Å². The third-order valence-electron chi connectivity index (χ3n) is 4.52. The second kappa shape index (κ2) is 8.95. The number of fused-ring (bicyclic) bond motifs is 1. The molecule has 1 saturated heterocycles. The van der Waals surface area contributed by atoms with Crippen molar-refractivity contribution in [2.75, 3.05) is 50.1 Å². The number of nitrogens with one attached hydrogen (secondary N) is 2. The number of morpholine rings is 1. The molecule has 2 aliphatic rings. The highest BCUT2D eigenvalue weighted by atomic mass is 32.2. The number of esters is 1. The minimum Gasteiger partial charge on any atom is -0.461 e. The van der Waals surface area contributed by atoms with Crippen LogP contribution in [0.1, 0.15) is 10.4 Å². The average Bonchev–Trinajstić information content (AvgIpc) is 3.35. The van der Waals surface area contributed by atoms with Crippen molar-refractivity contribution in [2.24, 2.45) is 0 Å². The summed E-state index contributed by atoms with van der Waals surface area (Å²) in [6.45, 7) is 4.13. The van der Waals surface area contributed by atoms with E-state index in [0.29, 0.717) is 36.9 Å². The highest BCUT2D eigenvalue weighted by Gasteiger charge is 2.28. The molecule has 1 amide bonds. The van der Waals surface area contributed by atoms with Crippen LogP contribution in [0.3, 0.4) is 0 Å². The van der Waals surface area contributed by atoms with Crippen molar-refractivity contribution in [3.8, 4) is 0 Å². The Morgan fingerprint density at radius 2 is 2.07 bits per heavy atom. The number of carbonyl (C=O) groups excluding carboxylic acids is 2. The van der Waals surface area contributed by atoms with E-state index < -0.39 is 11.3 Å². The van der Waals surface area contributed by atoms with Gasteiger partial charge >= 0.3 is 5.97 Å². The second-order valence-electron chi connectivity index (χ2n) is 6.38. The van der Waals surface area contributed by atoms with Gasteiger partial charge in [0, 0.05) is 30.2 Å². The molecule has 0 aliphatic carbocycles. The zero-order valence-electron chi connectivity index (χ0n) is 15.2. The number of thiophene rings is 1. The first kappa shape index (κ1) is 19.3. The molecule has 28 heavy (non-hydrogen) atoms. The van der Waals surface area contributed by atoms with E-state index in [-0.39, 0.29) is 5.91 Å². The van der Waals surface area contributed by atoms with Gasteiger partial charge in [-0.1, -0.05) is 23.9 Å². The van der Waals surface area contributed by atoms with Crippen molar-refractivity contribution < 1.29 is 19.1 Å². The lowest BCUT2D eigenvalue weighted by Gasteiger charge is -2.26. The van der Waals surface area contributed by atoms with Crippen LogP contribution in [0.25, 0.3) is 0 Å². The van der Waals surface area contributed by atoms with Crippen LogP contribution in [0, 0.1) is 0 Å². The maximum absolute atomic E-state index is 12.6. The number of ether oxygens (including phenoxy) is 2. The molecule has 2 aromatic rings. The Bertz CT molecular complexity index is 826. The molecule has 3 heterocycles. The first-order valence-electron chi connectivity index (χ1n) is 9.08. The van der Waals surface area contributed by atoms with Gasteiger partial charge in [-0.2, -0.15) is 0 Å². The van der Waals surface area contributed by atoms with Gasteiger partial charge in [0.1, 0.15) is 11.6 Å². The number of para-hydroxylation sites is 1. The number of amides is 1. The van der Waals surface area contributed by atoms with Gasteiger partial charge < -0.3 is 20.1 Å². The summed E-state index contributed by atoms with van der Waals surface area (Å²) >= 11 is 2.77. The van der Waals surface area contributed by atoms with E-state index in [1.807, 2.05) is 24.3 Å². The molecule has 0 saturated carbocycles. The van der Waals surface area contributed by atoms with E-state index in [1.165, 1.54) is 23.1 Å². The molecule has 9 heteroatoms. The molecule has 1 aromatic carbocycles. The number of carbonyl (C=O) groups is 2. The number of benzene rings is 1. The van der Waals surface area contributed by atoms with E-state index in [4.69, 9.17) is 9.47 Å². The van der Waals surface area contributed by atoms with E-state index in [1.54, 1.807) is 11.4 Å². The fourth-order valence-electron chi connectivity index (χ4n) is 3.02. The van der Waals surface area contributed by atoms with E-state index in [9.17, 15) is 9.59 Å². The quantitative estimate of drug-likeness (QED) is 0.697. The SMILES string of the molecule is O=C(OCCN1CCOCC1)c1ccsc1NC(=O)C1Nc2ccccc2S1. The van der Waals surface area contributed by atoms with Crippen LogP contribution in [0.4, 0.5) is 10.7 Å². The predicted octanol–water partition coefficient (Wildman–Crippen LogP) is 2.72. The molecule has 0 bridgehead atoms. The molecule has 4 rings (SSSR count). The standard InChI is InChI=1S/C19H21N3O4S2/c23-16(18-20-14-3-1-2-4-15(14)28-18)21-17-13(5-12-27-17)19(24)26-11-8-22-6-9-25-10-7-22/h1-5,12,18,20H,6-11H2,(H,21,23). The third kappa shape index (κ3) is 4.49. The fraction of sp³-hybridized carbons (Fsp3) is 0.368. The smallest absolute Gasteiger partial charge is 0.341 e. The lowest BCUT2D eigenvalue weighted by Crippen LogP contribution is -2.38. The van der Waals surface area contributed by atoms with Gasteiger partial charge in [-0.3, -0.25) is 9.69 Å². The van der Waals surface area contributed by atoms with Crippen molar-refractivity contribution in [2.45, 2.75) is 10.3 Å². The van der Waals surface area contributed by atoms with E-state index in [2.05, 4.69) is 15.5 Å². The summed E-state index contributed by atoms with van der Waals surface area (Å²) in [4.78, 5) is 28.3. The summed E-state index contributed by atoms with van der Waals surface area (Å²) in [7, 11) is 0. The van der Waals surface area contributed by atoms with Gasteiger partial charge in [0.2, 0.25) is 0 Å². The van der Waals surface area contributed by atoms with Gasteiger partial charge in [0.15, 0.2) is 5.37 Å². The van der Waals surface area contributed by atoms with Crippen molar-refractivity contribution in [1.82, 2.24) is 4.90 Å². The maximum atomic E-state index is 12.6. The number of anilines is 2. The third-order valence-corrected chi connectivity index (χ3v) is 6.53. The summed E-state index contributed by atoms with van der Waals surface area (Å²) in [5.41, 5.74) is 1.34. The van der Waals surface area contributed by atoms with Gasteiger partial charge in [-0.15, -0.1) is 11.3 Å². The van der Waals surface area contributed by atoms with Crippen LogP contribution in [-0.4, -0.2) is 61.6 Å². The van der Waals surface area contributed by atoms with Crippen LogP contribution < -0.4 is 10.6 Å². The maximum Gasteiger partial charge on any atom is 0.341 e. The molecule has 1 fully saturated rings. The number of rotatable bonds is 6.